The maximum atomic E-state index is 8.93. The summed E-state index contributed by atoms with van der Waals surface area (Å²) in [5, 5.41) is 11.0. The van der Waals surface area contributed by atoms with Crippen molar-refractivity contribution in [1.29, 1.82) is 5.26 Å². The first-order chi connectivity index (χ1) is 10.4. The second-order valence-electron chi connectivity index (χ2n) is 4.68. The Labute approximate surface area is 125 Å². The van der Waals surface area contributed by atoms with E-state index >= 15 is 0 Å². The largest absolute Gasteiger partial charge is 0.486 e. The third-order valence-corrected chi connectivity index (χ3v) is 4.26. The summed E-state index contributed by atoms with van der Waals surface area (Å²) < 4.78 is 13.2. The molecule has 1 aliphatic rings. The molecular formula is C15H11N3O2S. The lowest BCUT2D eigenvalue weighted by atomic mass is 10.1. The second kappa shape index (κ2) is 4.79. The predicted molar refractivity (Wildman–Crippen MR) is 78.8 cm³/mol. The molecule has 3 aromatic rings. The van der Waals surface area contributed by atoms with Gasteiger partial charge in [-0.15, -0.1) is 11.3 Å². The van der Waals surface area contributed by atoms with Crippen molar-refractivity contribution >= 4 is 16.3 Å². The van der Waals surface area contributed by atoms with Crippen molar-refractivity contribution in [2.45, 2.75) is 6.42 Å². The maximum absolute atomic E-state index is 8.93. The standard InChI is InChI=1S/C15H11N3O2S/c16-4-3-11-8-17-15-18(11)12(9-21-15)10-1-2-13-14(7-10)20-6-5-19-13/h1-2,7-9H,3,5-6H2. The van der Waals surface area contributed by atoms with Crippen LogP contribution in [0.15, 0.2) is 29.8 Å². The van der Waals surface area contributed by atoms with Crippen molar-refractivity contribution < 1.29 is 9.47 Å². The molecule has 21 heavy (non-hydrogen) atoms. The summed E-state index contributed by atoms with van der Waals surface area (Å²) in [5.41, 5.74) is 2.95. The van der Waals surface area contributed by atoms with Gasteiger partial charge in [0.2, 0.25) is 0 Å². The number of nitrogens with zero attached hydrogens (tertiary/aromatic N) is 3. The highest BCUT2D eigenvalue weighted by atomic mass is 32.1. The van der Waals surface area contributed by atoms with Gasteiger partial charge in [-0.3, -0.25) is 4.40 Å². The molecule has 0 unspecified atom stereocenters. The Kier molecular flexibility index (Phi) is 2.79. The molecular weight excluding hydrogens is 286 g/mol. The van der Waals surface area contributed by atoms with E-state index in [-0.39, 0.29) is 0 Å². The van der Waals surface area contributed by atoms with Crippen LogP contribution in [0.2, 0.25) is 0 Å². The van der Waals surface area contributed by atoms with E-state index in [2.05, 4.69) is 16.4 Å². The van der Waals surface area contributed by atoms with Crippen molar-refractivity contribution in [3.8, 4) is 28.8 Å². The Morgan fingerprint density at radius 2 is 2.14 bits per heavy atom. The molecule has 5 nitrogen and oxygen atoms in total. The zero-order valence-corrected chi connectivity index (χ0v) is 11.9. The minimum Gasteiger partial charge on any atom is -0.486 e. The zero-order chi connectivity index (χ0) is 14.2. The van der Waals surface area contributed by atoms with Gasteiger partial charge in [-0.2, -0.15) is 5.26 Å². The number of ether oxygens (including phenoxy) is 2. The zero-order valence-electron chi connectivity index (χ0n) is 11.1. The molecule has 0 spiro atoms. The highest BCUT2D eigenvalue weighted by Crippen LogP contribution is 2.36. The summed E-state index contributed by atoms with van der Waals surface area (Å²) in [6.07, 6.45) is 2.10. The summed E-state index contributed by atoms with van der Waals surface area (Å²) in [5.74, 6) is 1.54. The van der Waals surface area contributed by atoms with E-state index in [1.165, 1.54) is 0 Å². The Balaban J connectivity index is 1.86. The molecule has 0 saturated heterocycles. The number of fused-ring (bicyclic) bond motifs is 2. The lowest BCUT2D eigenvalue weighted by molar-refractivity contribution is 0.171. The topological polar surface area (TPSA) is 59.5 Å². The molecule has 0 bridgehead atoms. The quantitative estimate of drug-likeness (QED) is 0.729. The first kappa shape index (κ1) is 12.2. The number of benzene rings is 1. The summed E-state index contributed by atoms with van der Waals surface area (Å²) in [4.78, 5) is 5.24. The van der Waals surface area contributed by atoms with E-state index in [0.717, 1.165) is 33.4 Å². The first-order valence-electron chi connectivity index (χ1n) is 6.57. The summed E-state index contributed by atoms with van der Waals surface area (Å²) in [6, 6.07) is 8.09. The van der Waals surface area contributed by atoms with Gasteiger partial charge in [-0.05, 0) is 18.2 Å². The van der Waals surface area contributed by atoms with E-state index in [9.17, 15) is 0 Å². The minimum absolute atomic E-state index is 0.343. The van der Waals surface area contributed by atoms with Gasteiger partial charge in [0.15, 0.2) is 16.5 Å². The van der Waals surface area contributed by atoms with Gasteiger partial charge in [-0.25, -0.2) is 4.98 Å². The Hall–Kier alpha value is -2.52. The number of thiazole rings is 1. The second-order valence-corrected chi connectivity index (χ2v) is 5.52. The van der Waals surface area contributed by atoms with E-state index in [4.69, 9.17) is 14.7 Å². The molecule has 4 rings (SSSR count). The van der Waals surface area contributed by atoms with E-state index in [1.54, 1.807) is 17.5 Å². The van der Waals surface area contributed by atoms with Crippen molar-refractivity contribution in [2.24, 2.45) is 0 Å². The lowest BCUT2D eigenvalue weighted by Gasteiger charge is -2.18. The molecule has 6 heteroatoms. The monoisotopic (exact) mass is 297 g/mol. The van der Waals surface area contributed by atoms with Crippen LogP contribution in [0.1, 0.15) is 5.69 Å². The van der Waals surface area contributed by atoms with Gasteiger partial charge in [0.25, 0.3) is 0 Å². The predicted octanol–water partition coefficient (Wildman–Crippen LogP) is 2.90. The maximum Gasteiger partial charge on any atom is 0.194 e. The molecule has 0 atom stereocenters. The molecule has 0 saturated carbocycles. The van der Waals surface area contributed by atoms with Crippen LogP contribution >= 0.6 is 11.3 Å². The first-order valence-corrected chi connectivity index (χ1v) is 7.45. The van der Waals surface area contributed by atoms with Crippen LogP contribution in [-0.4, -0.2) is 22.6 Å². The van der Waals surface area contributed by atoms with Crippen LogP contribution in [-0.2, 0) is 6.42 Å². The van der Waals surface area contributed by atoms with Crippen LogP contribution in [0.5, 0.6) is 11.5 Å². The molecule has 0 amide bonds. The summed E-state index contributed by atoms with van der Waals surface area (Å²) >= 11 is 1.56. The fourth-order valence-corrected chi connectivity index (χ4v) is 3.37. The van der Waals surface area contributed by atoms with Crippen molar-refractivity contribution in [3.63, 3.8) is 0 Å². The molecule has 0 fully saturated rings. The fraction of sp³-hybridized carbons (Fsp3) is 0.200. The molecule has 3 heterocycles. The van der Waals surface area contributed by atoms with Crippen LogP contribution in [0.3, 0.4) is 0 Å². The van der Waals surface area contributed by atoms with E-state index in [0.29, 0.717) is 19.6 Å². The Morgan fingerprint density at radius 3 is 3.00 bits per heavy atom. The molecule has 0 radical (unpaired) electrons. The summed E-state index contributed by atoms with van der Waals surface area (Å²) in [6.45, 7) is 1.16. The van der Waals surface area contributed by atoms with Crippen LogP contribution < -0.4 is 9.47 Å². The van der Waals surface area contributed by atoms with Crippen molar-refractivity contribution in [1.82, 2.24) is 9.38 Å². The van der Waals surface area contributed by atoms with Crippen molar-refractivity contribution in [3.05, 3.63) is 35.5 Å². The van der Waals surface area contributed by atoms with E-state index in [1.807, 2.05) is 22.6 Å². The molecule has 2 aromatic heterocycles. The number of hydrogen-bond donors (Lipinski definition) is 0. The van der Waals surface area contributed by atoms with Gasteiger partial charge in [0.05, 0.1) is 30.1 Å². The average Bonchev–Trinajstić information content (AvgIpc) is 3.10. The number of nitriles is 1. The average molecular weight is 297 g/mol. The van der Waals surface area contributed by atoms with Gasteiger partial charge < -0.3 is 9.47 Å². The third kappa shape index (κ3) is 1.94. The van der Waals surface area contributed by atoms with Gasteiger partial charge >= 0.3 is 0 Å². The normalized spacial score (nSPS) is 13.3. The molecule has 104 valence electrons. The number of rotatable bonds is 2. The van der Waals surface area contributed by atoms with Gasteiger partial charge in [-0.1, -0.05) is 0 Å². The molecule has 1 aliphatic heterocycles. The van der Waals surface area contributed by atoms with Gasteiger partial charge in [0.1, 0.15) is 13.2 Å². The third-order valence-electron chi connectivity index (χ3n) is 3.42. The van der Waals surface area contributed by atoms with Crippen LogP contribution in [0.25, 0.3) is 16.2 Å². The number of imidazole rings is 1. The Bertz CT molecular complexity index is 860. The lowest BCUT2D eigenvalue weighted by Crippen LogP contribution is -2.15. The highest BCUT2D eigenvalue weighted by molar-refractivity contribution is 7.15. The fourth-order valence-electron chi connectivity index (χ4n) is 2.48. The van der Waals surface area contributed by atoms with Gasteiger partial charge in [0, 0.05) is 10.9 Å². The SMILES string of the molecule is N#CCc1cnc2scc(-c3ccc4c(c3)OCCO4)n12. The highest BCUT2D eigenvalue weighted by Gasteiger charge is 2.16. The molecule has 1 aromatic carbocycles. The Morgan fingerprint density at radius 1 is 1.29 bits per heavy atom. The smallest absolute Gasteiger partial charge is 0.194 e. The van der Waals surface area contributed by atoms with Crippen LogP contribution in [0.4, 0.5) is 0 Å². The van der Waals surface area contributed by atoms with Crippen molar-refractivity contribution in [2.75, 3.05) is 13.2 Å². The van der Waals surface area contributed by atoms with E-state index < -0.39 is 0 Å². The van der Waals surface area contributed by atoms with Crippen LogP contribution in [0, 0.1) is 11.3 Å². The number of aromatic nitrogens is 2. The molecule has 0 N–H and O–H groups in total. The number of hydrogen-bond acceptors (Lipinski definition) is 5. The summed E-state index contributed by atoms with van der Waals surface area (Å²) in [7, 11) is 0. The minimum atomic E-state index is 0.343. The molecule has 0 aliphatic carbocycles.